The summed E-state index contributed by atoms with van der Waals surface area (Å²) in [6.07, 6.45) is -0.346. The van der Waals surface area contributed by atoms with E-state index in [1.165, 1.54) is 13.2 Å². The zero-order valence-corrected chi connectivity index (χ0v) is 11.4. The Morgan fingerprint density at radius 1 is 1.24 bits per heavy atom. The molecule has 0 aromatic heterocycles. The second kappa shape index (κ2) is 5.01. The maximum Gasteiger partial charge on any atom is 0.176 e. The highest BCUT2D eigenvalue weighted by Crippen LogP contribution is 2.48. The minimum absolute atomic E-state index is 0.0287. The molecule has 21 heavy (non-hydrogen) atoms. The van der Waals surface area contributed by atoms with Gasteiger partial charge in [0.05, 0.1) is 13.5 Å². The number of carbonyl (C=O) groups is 1. The maximum atomic E-state index is 12.3. The highest BCUT2D eigenvalue weighted by molar-refractivity contribution is 6.04. The molecule has 1 aliphatic heterocycles. The molecule has 0 aliphatic carbocycles. The second-order valence-electron chi connectivity index (χ2n) is 4.80. The van der Waals surface area contributed by atoms with E-state index >= 15 is 0 Å². The average molecular weight is 286 g/mol. The van der Waals surface area contributed by atoms with Gasteiger partial charge in [0, 0.05) is 6.07 Å². The summed E-state index contributed by atoms with van der Waals surface area (Å²) in [4.78, 5) is 12.3. The molecular formula is C16H14O5. The van der Waals surface area contributed by atoms with Crippen LogP contribution in [0.25, 0.3) is 0 Å². The minimum Gasteiger partial charge on any atom is -0.504 e. The lowest BCUT2D eigenvalue weighted by atomic mass is 9.95. The van der Waals surface area contributed by atoms with Gasteiger partial charge in [-0.15, -0.1) is 0 Å². The Hall–Kier alpha value is -2.69. The van der Waals surface area contributed by atoms with Crippen LogP contribution >= 0.6 is 0 Å². The van der Waals surface area contributed by atoms with Crippen LogP contribution in [0.3, 0.4) is 0 Å². The predicted molar refractivity (Wildman–Crippen MR) is 75.1 cm³/mol. The monoisotopic (exact) mass is 286 g/mol. The first-order valence-corrected chi connectivity index (χ1v) is 6.49. The number of aromatic hydroxyl groups is 2. The number of rotatable bonds is 2. The van der Waals surface area contributed by atoms with Gasteiger partial charge in [0.2, 0.25) is 0 Å². The van der Waals surface area contributed by atoms with E-state index in [-0.39, 0.29) is 29.3 Å². The molecule has 3 rings (SSSR count). The zero-order chi connectivity index (χ0) is 15.0. The van der Waals surface area contributed by atoms with Crippen LogP contribution in [0.4, 0.5) is 0 Å². The van der Waals surface area contributed by atoms with Gasteiger partial charge in [0.15, 0.2) is 28.8 Å². The first-order chi connectivity index (χ1) is 10.1. The van der Waals surface area contributed by atoms with Gasteiger partial charge in [-0.25, -0.2) is 0 Å². The van der Waals surface area contributed by atoms with E-state index in [9.17, 15) is 15.0 Å². The van der Waals surface area contributed by atoms with E-state index in [0.29, 0.717) is 0 Å². The van der Waals surface area contributed by atoms with Gasteiger partial charge in [-0.1, -0.05) is 30.3 Å². The Labute approximate surface area is 121 Å². The lowest BCUT2D eigenvalue weighted by Crippen LogP contribution is -2.21. The smallest absolute Gasteiger partial charge is 0.176 e. The highest BCUT2D eigenvalue weighted by Gasteiger charge is 2.34. The van der Waals surface area contributed by atoms with Gasteiger partial charge in [-0.05, 0) is 5.56 Å². The quantitative estimate of drug-likeness (QED) is 0.830. The summed E-state index contributed by atoms with van der Waals surface area (Å²) < 4.78 is 11.0. The standard InChI is InChI=1S/C16H14O5/c1-20-13-8-11(18)15(19)14-10(17)7-12(21-16(13)14)9-5-3-2-4-6-9/h2-6,8,12,18-19H,7H2,1H3/t12-/m1/s1. The first kappa shape index (κ1) is 13.3. The molecule has 1 atom stereocenters. The Bertz CT molecular complexity index is 694. The third-order valence-electron chi connectivity index (χ3n) is 3.50. The third kappa shape index (κ3) is 2.16. The molecule has 0 fully saturated rings. The van der Waals surface area contributed by atoms with Crippen molar-refractivity contribution in [1.29, 1.82) is 0 Å². The summed E-state index contributed by atoms with van der Waals surface area (Å²) in [5.41, 5.74) is 0.838. The molecule has 1 heterocycles. The van der Waals surface area contributed by atoms with Crippen molar-refractivity contribution in [1.82, 2.24) is 0 Å². The number of fused-ring (bicyclic) bond motifs is 1. The van der Waals surface area contributed by atoms with Gasteiger partial charge < -0.3 is 19.7 Å². The molecule has 1 aliphatic rings. The van der Waals surface area contributed by atoms with E-state index in [1.54, 1.807) is 0 Å². The highest BCUT2D eigenvalue weighted by atomic mass is 16.5. The average Bonchev–Trinajstić information content (AvgIpc) is 2.51. The van der Waals surface area contributed by atoms with Crippen molar-refractivity contribution in [3.8, 4) is 23.0 Å². The topological polar surface area (TPSA) is 76.0 Å². The number of phenolic OH excluding ortho intramolecular Hbond substituents is 2. The SMILES string of the molecule is COc1cc(O)c(O)c2c1O[C@@H](c1ccccc1)CC2=O. The van der Waals surface area contributed by atoms with E-state index in [2.05, 4.69) is 0 Å². The molecule has 0 amide bonds. The van der Waals surface area contributed by atoms with Gasteiger partial charge in [0.1, 0.15) is 11.7 Å². The number of Topliss-reactive ketones (excluding diaryl/α,β-unsaturated/α-hetero) is 1. The van der Waals surface area contributed by atoms with Crippen LogP contribution < -0.4 is 9.47 Å². The molecule has 108 valence electrons. The molecule has 2 aromatic carbocycles. The Morgan fingerprint density at radius 2 is 1.95 bits per heavy atom. The van der Waals surface area contributed by atoms with Crippen molar-refractivity contribution < 1.29 is 24.5 Å². The van der Waals surface area contributed by atoms with Crippen LogP contribution in [0.15, 0.2) is 36.4 Å². The minimum atomic E-state index is -0.470. The van der Waals surface area contributed by atoms with E-state index in [0.717, 1.165) is 5.56 Å². The van der Waals surface area contributed by atoms with Crippen molar-refractivity contribution in [3.63, 3.8) is 0 Å². The molecular weight excluding hydrogens is 272 g/mol. The van der Waals surface area contributed by atoms with E-state index in [4.69, 9.17) is 9.47 Å². The van der Waals surface area contributed by atoms with Crippen molar-refractivity contribution in [2.75, 3.05) is 7.11 Å². The van der Waals surface area contributed by atoms with Crippen molar-refractivity contribution in [3.05, 3.63) is 47.5 Å². The van der Waals surface area contributed by atoms with Gasteiger partial charge in [-0.2, -0.15) is 0 Å². The Morgan fingerprint density at radius 3 is 2.62 bits per heavy atom. The number of hydrogen-bond donors (Lipinski definition) is 2. The van der Waals surface area contributed by atoms with Crippen LogP contribution in [-0.4, -0.2) is 23.1 Å². The molecule has 5 nitrogen and oxygen atoms in total. The third-order valence-corrected chi connectivity index (χ3v) is 3.50. The maximum absolute atomic E-state index is 12.3. The molecule has 0 saturated heterocycles. The summed E-state index contributed by atoms with van der Waals surface area (Å²) in [6, 6.07) is 10.6. The number of carbonyl (C=O) groups excluding carboxylic acids is 1. The van der Waals surface area contributed by atoms with Crippen LogP contribution in [0, 0.1) is 0 Å². The van der Waals surface area contributed by atoms with Crippen LogP contribution in [0.1, 0.15) is 28.4 Å². The normalized spacial score (nSPS) is 17.0. The molecule has 2 aromatic rings. The predicted octanol–water partition coefficient (Wildman–Crippen LogP) is 2.81. The fourth-order valence-electron chi connectivity index (χ4n) is 2.45. The molecule has 2 N–H and O–H groups in total. The van der Waals surface area contributed by atoms with Gasteiger partial charge in [0.25, 0.3) is 0 Å². The summed E-state index contributed by atoms with van der Waals surface area (Å²) >= 11 is 0. The number of phenols is 2. The molecule has 0 unspecified atom stereocenters. The van der Waals surface area contributed by atoms with E-state index in [1.807, 2.05) is 30.3 Å². The second-order valence-corrected chi connectivity index (χ2v) is 4.80. The molecule has 0 saturated carbocycles. The lowest BCUT2D eigenvalue weighted by Gasteiger charge is -2.27. The van der Waals surface area contributed by atoms with Crippen molar-refractivity contribution in [2.24, 2.45) is 0 Å². The summed E-state index contributed by atoms with van der Waals surface area (Å²) in [5.74, 6) is -0.785. The van der Waals surface area contributed by atoms with Crippen LogP contribution in [0.5, 0.6) is 23.0 Å². The zero-order valence-electron chi connectivity index (χ0n) is 11.4. The summed E-state index contributed by atoms with van der Waals surface area (Å²) in [7, 11) is 1.41. The molecule has 0 bridgehead atoms. The molecule has 0 radical (unpaired) electrons. The Kier molecular flexibility index (Phi) is 3.17. The number of ether oxygens (including phenoxy) is 2. The van der Waals surface area contributed by atoms with E-state index < -0.39 is 17.6 Å². The van der Waals surface area contributed by atoms with Crippen molar-refractivity contribution in [2.45, 2.75) is 12.5 Å². The number of methoxy groups -OCH3 is 1. The number of benzene rings is 2. The van der Waals surface area contributed by atoms with Gasteiger partial charge in [-0.3, -0.25) is 4.79 Å². The Balaban J connectivity index is 2.10. The summed E-state index contributed by atoms with van der Waals surface area (Å²) in [5, 5.41) is 19.5. The largest absolute Gasteiger partial charge is 0.504 e. The first-order valence-electron chi connectivity index (χ1n) is 6.49. The number of ketones is 1. The molecule has 5 heteroatoms. The van der Waals surface area contributed by atoms with Crippen LogP contribution in [-0.2, 0) is 0 Å². The van der Waals surface area contributed by atoms with Crippen LogP contribution in [0.2, 0.25) is 0 Å². The molecule has 0 spiro atoms. The van der Waals surface area contributed by atoms with Crippen molar-refractivity contribution >= 4 is 5.78 Å². The van der Waals surface area contributed by atoms with Gasteiger partial charge >= 0.3 is 0 Å². The summed E-state index contributed by atoms with van der Waals surface area (Å²) in [6.45, 7) is 0. The number of hydrogen-bond acceptors (Lipinski definition) is 5. The fourth-order valence-corrected chi connectivity index (χ4v) is 2.45. The lowest BCUT2D eigenvalue weighted by molar-refractivity contribution is 0.0836. The fraction of sp³-hybridized carbons (Fsp3) is 0.188.